The molecular weight excluding hydrogens is 811 g/mol. The minimum Gasteiger partial charge on any atom is -0.394 e. The molecule has 0 aliphatic carbocycles. The zero-order valence-corrected chi connectivity index (χ0v) is 38.8. The minimum absolute atomic E-state index is 0.260. The van der Waals surface area contributed by atoms with E-state index in [2.05, 4.69) is 43.5 Å². The molecule has 2 aliphatic rings. The number of rotatable bonds is 37. The summed E-state index contributed by atoms with van der Waals surface area (Å²) in [6.07, 6.45) is 23.3. The molecule has 9 N–H and O–H groups in total. The normalized spacial score (nSPS) is 27.8. The molecule has 63 heavy (non-hydrogen) atoms. The largest absolute Gasteiger partial charge is 0.394 e. The molecule has 0 bridgehead atoms. The number of aliphatic hydroxyl groups excluding tert-OH is 8. The van der Waals surface area contributed by atoms with Crippen molar-refractivity contribution in [3.05, 3.63) is 36.5 Å². The fourth-order valence-corrected chi connectivity index (χ4v) is 7.95. The summed E-state index contributed by atoms with van der Waals surface area (Å²) in [5.74, 6) is -0.260. The lowest BCUT2D eigenvalue weighted by Crippen LogP contribution is -2.65. The second-order valence-corrected chi connectivity index (χ2v) is 17.6. The second-order valence-electron chi connectivity index (χ2n) is 17.6. The molecule has 2 fully saturated rings. The number of carbonyl (C=O) groups excluding carboxylic acids is 1. The molecule has 1 amide bonds. The van der Waals surface area contributed by atoms with E-state index >= 15 is 0 Å². The SMILES string of the molecule is CCCCCCC/C=C\CCCCCCCC(=O)NC(COC1OC(CO)C(OC2OC(CO)C(O)C(O)C2O)C(O)C1O)C(O)/C=C/CC/C=C/CCCCCCCCCCC. The van der Waals surface area contributed by atoms with Gasteiger partial charge in [0.15, 0.2) is 12.6 Å². The number of nitrogens with one attached hydrogen (secondary N) is 1. The van der Waals surface area contributed by atoms with Gasteiger partial charge >= 0.3 is 0 Å². The summed E-state index contributed by atoms with van der Waals surface area (Å²) in [5.41, 5.74) is 0. The summed E-state index contributed by atoms with van der Waals surface area (Å²) < 4.78 is 22.6. The number of ether oxygens (including phenoxy) is 4. The van der Waals surface area contributed by atoms with Gasteiger partial charge in [-0.1, -0.05) is 147 Å². The highest BCUT2D eigenvalue weighted by molar-refractivity contribution is 5.76. The number of hydrogen-bond acceptors (Lipinski definition) is 13. The first-order chi connectivity index (χ1) is 30.6. The second kappa shape index (κ2) is 36.3. The molecule has 0 aromatic rings. The van der Waals surface area contributed by atoms with Crippen LogP contribution in [0.25, 0.3) is 0 Å². The van der Waals surface area contributed by atoms with Gasteiger partial charge in [0.1, 0.15) is 48.8 Å². The van der Waals surface area contributed by atoms with E-state index in [0.717, 1.165) is 51.4 Å². The molecule has 0 spiro atoms. The molecule has 0 aromatic heterocycles. The van der Waals surface area contributed by atoms with Gasteiger partial charge in [-0.05, 0) is 57.8 Å². The smallest absolute Gasteiger partial charge is 0.220 e. The number of amides is 1. The molecule has 0 radical (unpaired) electrons. The highest BCUT2D eigenvalue weighted by atomic mass is 16.7. The van der Waals surface area contributed by atoms with E-state index in [1.54, 1.807) is 6.08 Å². The van der Waals surface area contributed by atoms with Crippen LogP contribution in [-0.2, 0) is 23.7 Å². The summed E-state index contributed by atoms with van der Waals surface area (Å²) >= 11 is 0. The third-order valence-corrected chi connectivity index (χ3v) is 12.0. The highest BCUT2D eigenvalue weighted by Gasteiger charge is 2.51. The lowest BCUT2D eigenvalue weighted by Gasteiger charge is -2.46. The monoisotopic (exact) mass is 900 g/mol. The Hall–Kier alpha value is -1.79. The number of hydrogen-bond donors (Lipinski definition) is 9. The quantitative estimate of drug-likeness (QED) is 0.0261. The summed E-state index contributed by atoms with van der Waals surface area (Å²) in [7, 11) is 0. The topological polar surface area (TPSA) is 228 Å². The van der Waals surface area contributed by atoms with Gasteiger partial charge in [0.05, 0.1) is 32.0 Å². The summed E-state index contributed by atoms with van der Waals surface area (Å²) in [5, 5.41) is 86.6. The molecule has 2 saturated heterocycles. The van der Waals surface area contributed by atoms with Crippen LogP contribution in [-0.4, -0.2) is 140 Å². The van der Waals surface area contributed by atoms with Gasteiger partial charge in [0, 0.05) is 6.42 Å². The number of aliphatic hydroxyl groups is 8. The molecule has 0 aromatic carbocycles. The third-order valence-electron chi connectivity index (χ3n) is 12.0. The van der Waals surface area contributed by atoms with Crippen LogP contribution in [0.4, 0.5) is 0 Å². The first kappa shape index (κ1) is 57.3. The third kappa shape index (κ3) is 24.0. The lowest BCUT2D eigenvalue weighted by atomic mass is 9.97. The van der Waals surface area contributed by atoms with Gasteiger partial charge in [-0.2, -0.15) is 0 Å². The van der Waals surface area contributed by atoms with E-state index < -0.39 is 86.8 Å². The Kier molecular flexibility index (Phi) is 33.1. The first-order valence-electron chi connectivity index (χ1n) is 24.7. The molecule has 2 rings (SSSR count). The number of unbranched alkanes of at least 4 members (excludes halogenated alkanes) is 20. The van der Waals surface area contributed by atoms with Gasteiger partial charge in [-0.25, -0.2) is 0 Å². The van der Waals surface area contributed by atoms with Gasteiger partial charge < -0.3 is 65.1 Å². The van der Waals surface area contributed by atoms with Crippen LogP contribution in [0.15, 0.2) is 36.5 Å². The van der Waals surface area contributed by atoms with Crippen LogP contribution in [0.1, 0.15) is 174 Å². The Labute approximate surface area is 379 Å². The zero-order valence-electron chi connectivity index (χ0n) is 38.8. The van der Waals surface area contributed by atoms with Crippen molar-refractivity contribution in [3.63, 3.8) is 0 Å². The van der Waals surface area contributed by atoms with Crippen molar-refractivity contribution in [1.29, 1.82) is 0 Å². The molecule has 2 aliphatic heterocycles. The van der Waals surface area contributed by atoms with Crippen molar-refractivity contribution in [1.82, 2.24) is 5.32 Å². The van der Waals surface area contributed by atoms with Crippen molar-refractivity contribution in [3.8, 4) is 0 Å². The molecule has 12 atom stereocenters. The van der Waals surface area contributed by atoms with Crippen LogP contribution in [0, 0.1) is 0 Å². The number of carbonyl (C=O) groups is 1. The Bertz CT molecular complexity index is 1200. The van der Waals surface area contributed by atoms with Gasteiger partial charge in [-0.3, -0.25) is 4.79 Å². The van der Waals surface area contributed by atoms with Crippen LogP contribution in [0.2, 0.25) is 0 Å². The Balaban J connectivity index is 1.89. The van der Waals surface area contributed by atoms with Gasteiger partial charge in [0.2, 0.25) is 5.91 Å². The standard InChI is InChI=1S/C49H89NO13/c1-3-5-7-9-11-13-15-17-19-20-22-24-26-28-30-32-38(53)37(50-41(54)33-31-29-27-25-23-21-18-16-14-12-10-8-6-4-2)36-60-48-46(59)44(57)47(40(35-52)62-48)63-49-45(58)43(56)42(55)39(34-51)61-49/h16,18,22,24,30,32,37-40,42-49,51-53,55-59H,3-15,17,19-21,23,25-29,31,33-36H2,1-2H3,(H,50,54)/b18-16-,24-22+,32-30+. The fraction of sp³-hybridized carbons (Fsp3) is 0.857. The molecule has 0 saturated carbocycles. The molecule has 2 heterocycles. The maximum absolute atomic E-state index is 13.1. The van der Waals surface area contributed by atoms with Crippen molar-refractivity contribution < 1.29 is 64.6 Å². The van der Waals surface area contributed by atoms with Gasteiger partial charge in [-0.15, -0.1) is 0 Å². The van der Waals surface area contributed by atoms with Crippen molar-refractivity contribution in [2.45, 2.75) is 248 Å². The van der Waals surface area contributed by atoms with Crippen molar-refractivity contribution in [2.24, 2.45) is 0 Å². The Morgan fingerprint density at radius 1 is 0.556 bits per heavy atom. The first-order valence-corrected chi connectivity index (χ1v) is 24.7. The van der Waals surface area contributed by atoms with Crippen molar-refractivity contribution in [2.75, 3.05) is 19.8 Å². The summed E-state index contributed by atoms with van der Waals surface area (Å²) in [6.45, 7) is 2.73. The van der Waals surface area contributed by atoms with Crippen LogP contribution in [0.5, 0.6) is 0 Å². The van der Waals surface area contributed by atoms with Crippen LogP contribution in [0.3, 0.4) is 0 Å². The molecule has 368 valence electrons. The van der Waals surface area contributed by atoms with Crippen LogP contribution >= 0.6 is 0 Å². The Morgan fingerprint density at radius 3 is 1.56 bits per heavy atom. The van der Waals surface area contributed by atoms with E-state index in [1.807, 2.05) is 6.08 Å². The average molecular weight is 900 g/mol. The van der Waals surface area contributed by atoms with E-state index in [0.29, 0.717) is 12.8 Å². The van der Waals surface area contributed by atoms with Gasteiger partial charge in [0.25, 0.3) is 0 Å². The number of allylic oxidation sites excluding steroid dienone is 5. The average Bonchev–Trinajstić information content (AvgIpc) is 3.28. The maximum Gasteiger partial charge on any atom is 0.220 e. The zero-order chi connectivity index (χ0) is 46.1. The fourth-order valence-electron chi connectivity index (χ4n) is 7.95. The van der Waals surface area contributed by atoms with E-state index in [-0.39, 0.29) is 18.9 Å². The molecule has 12 unspecified atom stereocenters. The maximum atomic E-state index is 13.1. The molecule has 14 nitrogen and oxygen atoms in total. The van der Waals surface area contributed by atoms with E-state index in [9.17, 15) is 45.6 Å². The van der Waals surface area contributed by atoms with Crippen molar-refractivity contribution >= 4 is 5.91 Å². The highest BCUT2D eigenvalue weighted by Crippen LogP contribution is 2.30. The van der Waals surface area contributed by atoms with E-state index in [1.165, 1.54) is 89.9 Å². The molecule has 14 heteroatoms. The predicted molar refractivity (Wildman–Crippen MR) is 244 cm³/mol. The van der Waals surface area contributed by atoms with E-state index in [4.69, 9.17) is 18.9 Å². The lowest BCUT2D eigenvalue weighted by molar-refractivity contribution is -0.359. The summed E-state index contributed by atoms with van der Waals surface area (Å²) in [4.78, 5) is 13.1. The van der Waals surface area contributed by atoms with Crippen LogP contribution < -0.4 is 5.32 Å². The Morgan fingerprint density at radius 2 is 1.02 bits per heavy atom. The molecular formula is C49H89NO13. The minimum atomic E-state index is -1.79. The predicted octanol–water partition coefficient (Wildman–Crippen LogP) is 5.93. The summed E-state index contributed by atoms with van der Waals surface area (Å²) in [6, 6.07) is -0.932.